The van der Waals surface area contributed by atoms with Crippen molar-refractivity contribution in [1.82, 2.24) is 0 Å². The van der Waals surface area contributed by atoms with E-state index in [1.54, 1.807) is 25.1 Å². The van der Waals surface area contributed by atoms with Gasteiger partial charge in [-0.15, -0.1) is 11.8 Å². The van der Waals surface area contributed by atoms with E-state index in [1.165, 1.54) is 18.9 Å². The first-order valence-electron chi connectivity index (χ1n) is 4.97. The van der Waals surface area contributed by atoms with Gasteiger partial charge in [0.15, 0.2) is 0 Å². The van der Waals surface area contributed by atoms with E-state index in [9.17, 15) is 4.79 Å². The Hall–Kier alpha value is -1.13. The van der Waals surface area contributed by atoms with Crippen molar-refractivity contribution >= 4 is 35.0 Å². The number of hydrogen-bond donors (Lipinski definition) is 1. The predicted molar refractivity (Wildman–Crippen MR) is 72.4 cm³/mol. The maximum absolute atomic E-state index is 11.1. The second kappa shape index (κ2) is 6.57. The quantitative estimate of drug-likeness (QED) is 0.396. The molecule has 0 saturated carbocycles. The normalized spacial score (nSPS) is 11.4. The highest BCUT2D eigenvalue weighted by Gasteiger charge is 2.04. The average Bonchev–Trinajstić information content (AvgIpc) is 2.32. The molecule has 0 radical (unpaired) electrons. The summed E-state index contributed by atoms with van der Waals surface area (Å²) in [5.41, 5.74) is 6.92. The van der Waals surface area contributed by atoms with Gasteiger partial charge in [-0.05, 0) is 25.1 Å². The molecule has 0 amide bonds. The van der Waals surface area contributed by atoms with Gasteiger partial charge in [0.05, 0.1) is 12.1 Å². The molecule has 0 unspecified atom stereocenters. The number of esters is 1. The van der Waals surface area contributed by atoms with Crippen LogP contribution < -0.4 is 5.73 Å². The van der Waals surface area contributed by atoms with Gasteiger partial charge < -0.3 is 10.5 Å². The molecule has 3 nitrogen and oxygen atoms in total. The molecule has 0 aliphatic carbocycles. The monoisotopic (exact) mass is 271 g/mol. The Morgan fingerprint density at radius 1 is 1.59 bits per heavy atom. The number of nitrogens with two attached hydrogens (primary N) is 1. The van der Waals surface area contributed by atoms with E-state index < -0.39 is 0 Å². The molecule has 1 aromatic rings. The van der Waals surface area contributed by atoms with Crippen LogP contribution in [0.3, 0.4) is 0 Å². The molecule has 0 aliphatic heterocycles. The van der Waals surface area contributed by atoms with Gasteiger partial charge in [0.2, 0.25) is 0 Å². The van der Waals surface area contributed by atoms with Crippen LogP contribution in [-0.2, 0) is 9.53 Å². The Balaban J connectivity index is 2.62. The number of anilines is 1. The molecule has 0 atom stereocenters. The molecule has 1 aromatic carbocycles. The van der Waals surface area contributed by atoms with Crippen molar-refractivity contribution in [2.24, 2.45) is 0 Å². The minimum atomic E-state index is -0.315. The van der Waals surface area contributed by atoms with Gasteiger partial charge in [-0.3, -0.25) is 0 Å². The van der Waals surface area contributed by atoms with Gasteiger partial charge in [0.25, 0.3) is 0 Å². The van der Waals surface area contributed by atoms with Gasteiger partial charge in [-0.25, -0.2) is 4.79 Å². The van der Waals surface area contributed by atoms with Crippen LogP contribution in [0.15, 0.2) is 34.7 Å². The summed E-state index contributed by atoms with van der Waals surface area (Å²) in [6.07, 6.45) is 1.80. The Bertz CT molecular complexity index is 446. The maximum Gasteiger partial charge on any atom is 0.333 e. The maximum atomic E-state index is 11.1. The summed E-state index contributed by atoms with van der Waals surface area (Å²) in [4.78, 5) is 12.0. The van der Waals surface area contributed by atoms with Crippen molar-refractivity contribution < 1.29 is 9.53 Å². The number of carbonyl (C=O) groups is 1. The zero-order valence-corrected chi connectivity index (χ0v) is 11.3. The van der Waals surface area contributed by atoms with E-state index in [0.29, 0.717) is 22.0 Å². The Morgan fingerprint density at radius 3 is 2.94 bits per heavy atom. The van der Waals surface area contributed by atoms with Crippen LogP contribution in [0.2, 0.25) is 5.02 Å². The summed E-state index contributed by atoms with van der Waals surface area (Å²) in [5.74, 6) is 0.327. The predicted octanol–water partition coefficient (Wildman–Crippen LogP) is 3.13. The molecule has 2 N–H and O–H groups in total. The number of thioether (sulfide) groups is 1. The summed E-state index contributed by atoms with van der Waals surface area (Å²) in [6.45, 7) is 1.72. The molecule has 0 spiro atoms. The highest BCUT2D eigenvalue weighted by molar-refractivity contribution is 7.99. The zero-order chi connectivity index (χ0) is 12.8. The smallest absolute Gasteiger partial charge is 0.333 e. The van der Waals surface area contributed by atoms with Gasteiger partial charge in [-0.1, -0.05) is 17.7 Å². The number of hydrogen-bond acceptors (Lipinski definition) is 4. The fourth-order valence-corrected chi connectivity index (χ4v) is 2.35. The molecular formula is C12H14ClNO2S. The Kier molecular flexibility index (Phi) is 5.38. The van der Waals surface area contributed by atoms with Crippen molar-refractivity contribution in [1.29, 1.82) is 0 Å². The minimum Gasteiger partial charge on any atom is -0.466 e. The lowest BCUT2D eigenvalue weighted by Crippen LogP contribution is -2.01. The van der Waals surface area contributed by atoms with E-state index in [2.05, 4.69) is 4.74 Å². The van der Waals surface area contributed by atoms with E-state index in [1.807, 2.05) is 6.07 Å². The molecule has 0 fully saturated rings. The van der Waals surface area contributed by atoms with Crippen molar-refractivity contribution in [2.75, 3.05) is 18.6 Å². The van der Waals surface area contributed by atoms with Gasteiger partial charge in [0.1, 0.15) is 0 Å². The van der Waals surface area contributed by atoms with Crippen LogP contribution in [0.25, 0.3) is 0 Å². The average molecular weight is 272 g/mol. The zero-order valence-electron chi connectivity index (χ0n) is 9.70. The van der Waals surface area contributed by atoms with E-state index >= 15 is 0 Å². The summed E-state index contributed by atoms with van der Waals surface area (Å²) in [7, 11) is 1.36. The molecule has 92 valence electrons. The number of rotatable bonds is 4. The molecule has 5 heteroatoms. The Morgan fingerprint density at radius 2 is 2.29 bits per heavy atom. The number of methoxy groups -OCH3 is 1. The second-order valence-electron chi connectivity index (χ2n) is 3.38. The van der Waals surface area contributed by atoms with Crippen LogP contribution in [0.1, 0.15) is 6.92 Å². The van der Waals surface area contributed by atoms with E-state index in [-0.39, 0.29) is 5.97 Å². The molecule has 0 bridgehead atoms. The highest BCUT2D eigenvalue weighted by atomic mass is 35.5. The molecule has 0 aliphatic rings. The summed E-state index contributed by atoms with van der Waals surface area (Å²) in [5, 5.41) is 0.660. The van der Waals surface area contributed by atoms with Crippen LogP contribution in [0, 0.1) is 0 Å². The van der Waals surface area contributed by atoms with Crippen LogP contribution in [0.4, 0.5) is 5.69 Å². The number of benzene rings is 1. The lowest BCUT2D eigenvalue weighted by Gasteiger charge is -2.04. The molecule has 17 heavy (non-hydrogen) atoms. The highest BCUT2D eigenvalue weighted by Crippen LogP contribution is 2.29. The van der Waals surface area contributed by atoms with Crippen molar-refractivity contribution in [3.63, 3.8) is 0 Å². The molecule has 1 rings (SSSR count). The molecule has 0 heterocycles. The number of halogens is 1. The SMILES string of the molecule is COC(=O)C(C)=CCSc1cc(N)ccc1Cl. The van der Waals surface area contributed by atoms with Crippen molar-refractivity contribution in [2.45, 2.75) is 11.8 Å². The number of carbonyl (C=O) groups excluding carboxylic acids is 1. The van der Waals surface area contributed by atoms with Crippen LogP contribution in [0.5, 0.6) is 0 Å². The fraction of sp³-hybridized carbons (Fsp3) is 0.250. The molecular weight excluding hydrogens is 258 g/mol. The largest absolute Gasteiger partial charge is 0.466 e. The fourth-order valence-electron chi connectivity index (χ4n) is 1.13. The first-order valence-corrected chi connectivity index (χ1v) is 6.34. The summed E-state index contributed by atoms with van der Waals surface area (Å²) in [6, 6.07) is 5.33. The topological polar surface area (TPSA) is 52.3 Å². The third-order valence-corrected chi connectivity index (χ3v) is 3.51. The first kappa shape index (κ1) is 13.9. The van der Waals surface area contributed by atoms with Gasteiger partial charge in [-0.2, -0.15) is 0 Å². The van der Waals surface area contributed by atoms with E-state index in [0.717, 1.165) is 4.90 Å². The molecule has 0 saturated heterocycles. The number of ether oxygens (including phenoxy) is 1. The second-order valence-corrected chi connectivity index (χ2v) is 4.85. The van der Waals surface area contributed by atoms with Gasteiger partial charge in [0, 0.05) is 21.9 Å². The van der Waals surface area contributed by atoms with Crippen LogP contribution in [-0.4, -0.2) is 18.8 Å². The van der Waals surface area contributed by atoms with Crippen molar-refractivity contribution in [3.8, 4) is 0 Å². The lowest BCUT2D eigenvalue weighted by atomic mass is 10.3. The third-order valence-electron chi connectivity index (χ3n) is 2.09. The number of nitrogen functional groups attached to an aromatic ring is 1. The van der Waals surface area contributed by atoms with Crippen LogP contribution >= 0.6 is 23.4 Å². The summed E-state index contributed by atoms with van der Waals surface area (Å²) < 4.78 is 4.60. The Labute approximate surface area is 110 Å². The summed E-state index contributed by atoms with van der Waals surface area (Å²) >= 11 is 7.53. The van der Waals surface area contributed by atoms with Gasteiger partial charge >= 0.3 is 5.97 Å². The standard InChI is InChI=1S/C12H14ClNO2S/c1-8(12(15)16-2)5-6-17-11-7-9(14)3-4-10(11)13/h3-5,7H,6,14H2,1-2H3. The lowest BCUT2D eigenvalue weighted by molar-refractivity contribution is -0.136. The van der Waals surface area contributed by atoms with Crippen molar-refractivity contribution in [3.05, 3.63) is 34.9 Å². The minimum absolute atomic E-state index is 0.315. The molecule has 0 aromatic heterocycles. The third kappa shape index (κ3) is 4.32. The first-order chi connectivity index (χ1) is 8.04. The van der Waals surface area contributed by atoms with E-state index in [4.69, 9.17) is 17.3 Å².